The number of anilines is 3. The molecule has 0 saturated carbocycles. The van der Waals surface area contributed by atoms with Gasteiger partial charge in [0, 0.05) is 16.8 Å². The summed E-state index contributed by atoms with van der Waals surface area (Å²) in [6.45, 7) is -0.566. The molecule has 0 spiro atoms. The van der Waals surface area contributed by atoms with Crippen LogP contribution in [0.25, 0.3) is 22.1 Å². The van der Waals surface area contributed by atoms with E-state index < -0.39 is 12.5 Å². The standard InChI is InChI=1S/C18H14N4O3/c23-9-15(24)21-11-4-3-5-12(8-11)22-18-17-16(19-10-20-18)13-6-1-2-7-14(13)25-17/h1-8,10,23H,9H2,(H,21,24)(H,19,20,22). The molecule has 0 saturated heterocycles. The van der Waals surface area contributed by atoms with Crippen molar-refractivity contribution in [1.82, 2.24) is 9.97 Å². The van der Waals surface area contributed by atoms with Crippen LogP contribution in [0.1, 0.15) is 0 Å². The van der Waals surface area contributed by atoms with E-state index in [1.54, 1.807) is 18.2 Å². The van der Waals surface area contributed by atoms with Crippen molar-refractivity contribution in [3.8, 4) is 0 Å². The third-order valence-corrected chi connectivity index (χ3v) is 3.71. The third kappa shape index (κ3) is 2.88. The van der Waals surface area contributed by atoms with Crippen molar-refractivity contribution in [2.24, 2.45) is 0 Å². The van der Waals surface area contributed by atoms with Crippen molar-refractivity contribution in [2.75, 3.05) is 17.2 Å². The van der Waals surface area contributed by atoms with Crippen LogP contribution in [0.4, 0.5) is 17.2 Å². The molecule has 124 valence electrons. The van der Waals surface area contributed by atoms with E-state index in [9.17, 15) is 4.79 Å². The molecule has 7 heteroatoms. The lowest BCUT2D eigenvalue weighted by Gasteiger charge is -2.08. The first-order valence-electron chi connectivity index (χ1n) is 7.64. The van der Waals surface area contributed by atoms with E-state index in [0.29, 0.717) is 17.1 Å². The zero-order valence-electron chi connectivity index (χ0n) is 13.1. The number of rotatable bonds is 4. The van der Waals surface area contributed by atoms with Crippen LogP contribution in [0.2, 0.25) is 0 Å². The van der Waals surface area contributed by atoms with Crippen LogP contribution in [-0.4, -0.2) is 27.6 Å². The number of nitrogens with zero attached hydrogens (tertiary/aromatic N) is 2. The normalized spacial score (nSPS) is 10.9. The summed E-state index contributed by atoms with van der Waals surface area (Å²) in [5, 5.41) is 15.5. The van der Waals surface area contributed by atoms with Crippen LogP contribution < -0.4 is 10.6 Å². The Hall–Kier alpha value is -3.45. The predicted octanol–water partition coefficient (Wildman–Crippen LogP) is 3.05. The van der Waals surface area contributed by atoms with Crippen molar-refractivity contribution < 1.29 is 14.3 Å². The molecular weight excluding hydrogens is 320 g/mol. The Morgan fingerprint density at radius 2 is 1.92 bits per heavy atom. The molecule has 0 fully saturated rings. The molecule has 0 bridgehead atoms. The van der Waals surface area contributed by atoms with Gasteiger partial charge in [-0.15, -0.1) is 0 Å². The Kier molecular flexibility index (Phi) is 3.75. The summed E-state index contributed by atoms with van der Waals surface area (Å²) in [6.07, 6.45) is 1.48. The Morgan fingerprint density at radius 1 is 1.08 bits per heavy atom. The topological polar surface area (TPSA) is 100 Å². The van der Waals surface area contributed by atoms with Crippen molar-refractivity contribution in [2.45, 2.75) is 0 Å². The maximum absolute atomic E-state index is 11.3. The van der Waals surface area contributed by atoms with E-state index in [1.165, 1.54) is 6.33 Å². The van der Waals surface area contributed by atoms with E-state index in [0.717, 1.165) is 22.2 Å². The lowest BCUT2D eigenvalue weighted by atomic mass is 10.2. The zero-order chi connectivity index (χ0) is 17.2. The van der Waals surface area contributed by atoms with Gasteiger partial charge in [0.25, 0.3) is 0 Å². The van der Waals surface area contributed by atoms with E-state index >= 15 is 0 Å². The summed E-state index contributed by atoms with van der Waals surface area (Å²) in [4.78, 5) is 19.9. The molecule has 2 heterocycles. The van der Waals surface area contributed by atoms with E-state index in [2.05, 4.69) is 20.6 Å². The van der Waals surface area contributed by atoms with Crippen molar-refractivity contribution in [3.63, 3.8) is 0 Å². The van der Waals surface area contributed by atoms with Crippen LogP contribution in [-0.2, 0) is 4.79 Å². The number of amides is 1. The minimum Gasteiger partial charge on any atom is -0.450 e. The number of hydrogen-bond acceptors (Lipinski definition) is 6. The second kappa shape index (κ2) is 6.21. The first-order chi connectivity index (χ1) is 12.2. The molecule has 0 aliphatic carbocycles. The Morgan fingerprint density at radius 3 is 2.80 bits per heavy atom. The number of hydrogen-bond donors (Lipinski definition) is 3. The molecule has 25 heavy (non-hydrogen) atoms. The average Bonchev–Trinajstić information content (AvgIpc) is 3.02. The molecule has 0 radical (unpaired) electrons. The van der Waals surface area contributed by atoms with Gasteiger partial charge in [0.2, 0.25) is 5.91 Å². The van der Waals surface area contributed by atoms with E-state index in [4.69, 9.17) is 9.52 Å². The van der Waals surface area contributed by atoms with Crippen LogP contribution in [0.5, 0.6) is 0 Å². The summed E-state index contributed by atoms with van der Waals surface area (Å²) in [6, 6.07) is 14.8. The van der Waals surface area contributed by atoms with Crippen LogP contribution in [0.15, 0.2) is 59.3 Å². The van der Waals surface area contributed by atoms with Crippen LogP contribution in [0, 0.1) is 0 Å². The van der Waals surface area contributed by atoms with Crippen molar-refractivity contribution in [3.05, 3.63) is 54.9 Å². The summed E-state index contributed by atoms with van der Waals surface area (Å²) in [7, 11) is 0. The molecular formula is C18H14N4O3. The summed E-state index contributed by atoms with van der Waals surface area (Å²) in [5.41, 5.74) is 3.33. The largest absolute Gasteiger partial charge is 0.450 e. The highest BCUT2D eigenvalue weighted by molar-refractivity contribution is 6.05. The van der Waals surface area contributed by atoms with Gasteiger partial charge in [-0.2, -0.15) is 0 Å². The minimum absolute atomic E-state index is 0.473. The number of para-hydroxylation sites is 1. The van der Waals surface area contributed by atoms with E-state index in [1.807, 2.05) is 30.3 Å². The van der Waals surface area contributed by atoms with Gasteiger partial charge in [0.15, 0.2) is 11.4 Å². The van der Waals surface area contributed by atoms with Gasteiger partial charge >= 0.3 is 0 Å². The molecule has 1 amide bonds. The minimum atomic E-state index is -0.566. The highest BCUT2D eigenvalue weighted by Crippen LogP contribution is 2.31. The summed E-state index contributed by atoms with van der Waals surface area (Å²) >= 11 is 0. The highest BCUT2D eigenvalue weighted by atomic mass is 16.3. The summed E-state index contributed by atoms with van der Waals surface area (Å²) < 4.78 is 5.88. The first-order valence-corrected chi connectivity index (χ1v) is 7.64. The fourth-order valence-corrected chi connectivity index (χ4v) is 2.62. The quantitative estimate of drug-likeness (QED) is 0.530. The number of carbonyl (C=O) groups is 1. The lowest BCUT2D eigenvalue weighted by Crippen LogP contribution is -2.15. The number of aromatic nitrogens is 2. The van der Waals surface area contributed by atoms with Gasteiger partial charge in [-0.3, -0.25) is 4.79 Å². The molecule has 4 aromatic rings. The molecule has 0 unspecified atom stereocenters. The third-order valence-electron chi connectivity index (χ3n) is 3.71. The number of benzene rings is 2. The second-order valence-electron chi connectivity index (χ2n) is 5.41. The smallest absolute Gasteiger partial charge is 0.250 e. The van der Waals surface area contributed by atoms with Crippen molar-refractivity contribution >= 4 is 45.2 Å². The Bertz CT molecular complexity index is 1070. The van der Waals surface area contributed by atoms with E-state index in [-0.39, 0.29) is 0 Å². The van der Waals surface area contributed by atoms with Gasteiger partial charge in [-0.25, -0.2) is 9.97 Å². The highest BCUT2D eigenvalue weighted by Gasteiger charge is 2.13. The van der Waals surface area contributed by atoms with Crippen molar-refractivity contribution in [1.29, 1.82) is 0 Å². The molecule has 0 atom stereocenters. The average molecular weight is 334 g/mol. The maximum atomic E-state index is 11.3. The first kappa shape index (κ1) is 15.1. The number of fused-ring (bicyclic) bond motifs is 3. The predicted molar refractivity (Wildman–Crippen MR) is 94.8 cm³/mol. The molecule has 3 N–H and O–H groups in total. The molecule has 4 rings (SSSR count). The van der Waals surface area contributed by atoms with Crippen LogP contribution >= 0.6 is 0 Å². The fourth-order valence-electron chi connectivity index (χ4n) is 2.62. The number of furan rings is 1. The lowest BCUT2D eigenvalue weighted by molar-refractivity contribution is -0.118. The van der Waals surface area contributed by atoms with Gasteiger partial charge in [0.1, 0.15) is 24.0 Å². The van der Waals surface area contributed by atoms with Crippen LogP contribution in [0.3, 0.4) is 0 Å². The SMILES string of the molecule is O=C(CO)Nc1cccc(Nc2ncnc3c2oc2ccccc23)c1. The second-order valence-corrected chi connectivity index (χ2v) is 5.41. The van der Waals surface area contributed by atoms with Gasteiger partial charge in [0.05, 0.1) is 0 Å². The zero-order valence-corrected chi connectivity index (χ0v) is 13.1. The van der Waals surface area contributed by atoms with Gasteiger partial charge in [-0.05, 0) is 30.3 Å². The molecule has 0 aliphatic rings. The van der Waals surface area contributed by atoms with Gasteiger partial charge < -0.3 is 20.2 Å². The number of carbonyl (C=O) groups excluding carboxylic acids is 1. The molecule has 2 aromatic carbocycles. The Balaban J connectivity index is 1.71. The van der Waals surface area contributed by atoms with Gasteiger partial charge in [-0.1, -0.05) is 18.2 Å². The fraction of sp³-hybridized carbons (Fsp3) is 0.0556. The number of nitrogens with one attached hydrogen (secondary N) is 2. The number of aliphatic hydroxyl groups is 1. The maximum Gasteiger partial charge on any atom is 0.250 e. The summed E-state index contributed by atoms with van der Waals surface area (Å²) in [5.74, 6) is 0.0608. The molecule has 7 nitrogen and oxygen atoms in total. The monoisotopic (exact) mass is 334 g/mol. The molecule has 0 aliphatic heterocycles. The Labute approximate surface area is 142 Å². The number of aliphatic hydroxyl groups excluding tert-OH is 1. The molecule has 2 aromatic heterocycles.